The Morgan fingerprint density at radius 3 is 2.69 bits per heavy atom. The molecule has 0 unspecified atom stereocenters. The highest BCUT2D eigenvalue weighted by atomic mass is 16.6. The molecule has 16 heavy (non-hydrogen) atoms. The minimum absolute atomic E-state index is 0.162. The van der Waals surface area contributed by atoms with Crippen LogP contribution in [0.5, 0.6) is 0 Å². The maximum absolute atomic E-state index is 10.7. The molecule has 5 nitrogen and oxygen atoms in total. The number of hydrogen-bond acceptors (Lipinski definition) is 4. The number of nitrogens with zero attached hydrogens (tertiary/aromatic N) is 2. The van der Waals surface area contributed by atoms with Crippen molar-refractivity contribution in [3.05, 3.63) is 33.9 Å². The van der Waals surface area contributed by atoms with E-state index in [1.54, 1.807) is 19.1 Å². The first-order chi connectivity index (χ1) is 7.50. The first kappa shape index (κ1) is 12.4. The van der Waals surface area contributed by atoms with Crippen LogP contribution < -0.4 is 5.32 Å². The zero-order chi connectivity index (χ0) is 12.1. The summed E-state index contributed by atoms with van der Waals surface area (Å²) in [7, 11) is 3.97. The lowest BCUT2D eigenvalue weighted by Crippen LogP contribution is -2.20. The summed E-state index contributed by atoms with van der Waals surface area (Å²) in [5, 5.41) is 13.9. The number of hydrogen-bond donors (Lipinski definition) is 1. The lowest BCUT2D eigenvalue weighted by atomic mass is 10.2. The van der Waals surface area contributed by atoms with Crippen molar-refractivity contribution in [3.8, 4) is 0 Å². The van der Waals surface area contributed by atoms with Crippen LogP contribution in [0.3, 0.4) is 0 Å². The van der Waals surface area contributed by atoms with Gasteiger partial charge in [-0.05, 0) is 27.1 Å². The van der Waals surface area contributed by atoms with E-state index in [1.807, 2.05) is 20.2 Å². The Hall–Kier alpha value is -1.62. The predicted octanol–water partition coefficient (Wildman–Crippen LogP) is 1.88. The second-order valence-corrected chi connectivity index (χ2v) is 3.99. The third-order valence-corrected chi connectivity index (χ3v) is 2.29. The molecule has 1 aromatic carbocycles. The molecule has 1 rings (SSSR count). The number of benzene rings is 1. The highest BCUT2D eigenvalue weighted by molar-refractivity contribution is 5.54. The summed E-state index contributed by atoms with van der Waals surface area (Å²) < 4.78 is 0. The van der Waals surface area contributed by atoms with Crippen LogP contribution in [0.4, 0.5) is 11.4 Å². The van der Waals surface area contributed by atoms with Gasteiger partial charge in [-0.25, -0.2) is 0 Å². The van der Waals surface area contributed by atoms with Gasteiger partial charge in [0.2, 0.25) is 0 Å². The van der Waals surface area contributed by atoms with E-state index in [9.17, 15) is 10.1 Å². The molecular weight excluding hydrogens is 206 g/mol. The van der Waals surface area contributed by atoms with Crippen molar-refractivity contribution in [2.45, 2.75) is 6.92 Å². The SMILES string of the molecule is Cc1ccc(NCCN(C)C)cc1[N+](=O)[O-]. The molecule has 0 saturated heterocycles. The average Bonchev–Trinajstić information content (AvgIpc) is 2.19. The van der Waals surface area contributed by atoms with Gasteiger partial charge in [0.25, 0.3) is 5.69 Å². The maximum Gasteiger partial charge on any atom is 0.274 e. The molecule has 0 radical (unpaired) electrons. The average molecular weight is 223 g/mol. The Balaban J connectivity index is 2.68. The quantitative estimate of drug-likeness (QED) is 0.611. The molecule has 0 spiro atoms. The van der Waals surface area contributed by atoms with Gasteiger partial charge in [-0.2, -0.15) is 0 Å². The summed E-state index contributed by atoms with van der Waals surface area (Å²) in [6.45, 7) is 3.40. The van der Waals surface area contributed by atoms with Gasteiger partial charge in [-0.1, -0.05) is 6.07 Å². The number of nitrogens with one attached hydrogen (secondary N) is 1. The Bertz CT molecular complexity index is 377. The summed E-state index contributed by atoms with van der Waals surface area (Å²) in [5.74, 6) is 0. The zero-order valence-electron chi connectivity index (χ0n) is 9.86. The van der Waals surface area contributed by atoms with Crippen LogP contribution in [0.2, 0.25) is 0 Å². The van der Waals surface area contributed by atoms with E-state index >= 15 is 0 Å². The van der Waals surface area contributed by atoms with E-state index in [-0.39, 0.29) is 10.6 Å². The lowest BCUT2D eigenvalue weighted by molar-refractivity contribution is -0.385. The van der Waals surface area contributed by atoms with Gasteiger partial charge < -0.3 is 10.2 Å². The van der Waals surface area contributed by atoms with Crippen LogP contribution in [0.15, 0.2) is 18.2 Å². The highest BCUT2D eigenvalue weighted by Crippen LogP contribution is 2.21. The van der Waals surface area contributed by atoms with Gasteiger partial charge in [-0.15, -0.1) is 0 Å². The smallest absolute Gasteiger partial charge is 0.274 e. The second-order valence-electron chi connectivity index (χ2n) is 3.99. The fourth-order valence-electron chi connectivity index (χ4n) is 1.34. The number of likely N-dealkylation sites (N-methyl/N-ethyl adjacent to an activating group) is 1. The zero-order valence-corrected chi connectivity index (χ0v) is 9.86. The van der Waals surface area contributed by atoms with Gasteiger partial charge in [0.1, 0.15) is 0 Å². The summed E-state index contributed by atoms with van der Waals surface area (Å²) in [5.41, 5.74) is 1.64. The number of anilines is 1. The monoisotopic (exact) mass is 223 g/mol. The Labute approximate surface area is 95.2 Å². The summed E-state index contributed by atoms with van der Waals surface area (Å²) in [6.07, 6.45) is 0. The van der Waals surface area contributed by atoms with Gasteiger partial charge in [0.15, 0.2) is 0 Å². The van der Waals surface area contributed by atoms with E-state index in [0.29, 0.717) is 5.56 Å². The molecule has 0 fully saturated rings. The van der Waals surface area contributed by atoms with Crippen molar-refractivity contribution in [1.29, 1.82) is 0 Å². The lowest BCUT2D eigenvalue weighted by Gasteiger charge is -2.11. The van der Waals surface area contributed by atoms with Crippen molar-refractivity contribution in [2.75, 3.05) is 32.5 Å². The van der Waals surface area contributed by atoms with Crippen molar-refractivity contribution < 1.29 is 4.92 Å². The maximum atomic E-state index is 10.7. The number of nitro benzene ring substituents is 1. The van der Waals surface area contributed by atoms with Crippen molar-refractivity contribution in [2.24, 2.45) is 0 Å². The van der Waals surface area contributed by atoms with Crippen LogP contribution in [0.25, 0.3) is 0 Å². The fourth-order valence-corrected chi connectivity index (χ4v) is 1.34. The third-order valence-electron chi connectivity index (χ3n) is 2.29. The minimum Gasteiger partial charge on any atom is -0.384 e. The fraction of sp³-hybridized carbons (Fsp3) is 0.455. The Kier molecular flexibility index (Phi) is 4.25. The van der Waals surface area contributed by atoms with Gasteiger partial charge in [0.05, 0.1) is 4.92 Å². The molecule has 0 atom stereocenters. The van der Waals surface area contributed by atoms with Crippen LogP contribution >= 0.6 is 0 Å². The van der Waals surface area contributed by atoms with E-state index in [1.165, 1.54) is 0 Å². The van der Waals surface area contributed by atoms with Crippen LogP contribution in [0, 0.1) is 17.0 Å². The van der Waals surface area contributed by atoms with Gasteiger partial charge in [-0.3, -0.25) is 10.1 Å². The summed E-state index contributed by atoms with van der Waals surface area (Å²) in [6, 6.07) is 5.19. The summed E-state index contributed by atoms with van der Waals surface area (Å²) >= 11 is 0. The Morgan fingerprint density at radius 2 is 2.12 bits per heavy atom. The Morgan fingerprint density at radius 1 is 1.44 bits per heavy atom. The normalized spacial score (nSPS) is 10.5. The molecule has 0 bridgehead atoms. The van der Waals surface area contributed by atoms with Gasteiger partial charge in [0, 0.05) is 30.4 Å². The van der Waals surface area contributed by atoms with Crippen LogP contribution in [-0.4, -0.2) is 37.0 Å². The molecule has 0 heterocycles. The number of rotatable bonds is 5. The molecule has 0 aliphatic carbocycles. The minimum atomic E-state index is -0.355. The molecule has 0 aliphatic heterocycles. The molecule has 1 N–H and O–H groups in total. The molecule has 0 aliphatic rings. The molecule has 0 aromatic heterocycles. The van der Waals surface area contributed by atoms with Crippen molar-refractivity contribution in [3.63, 3.8) is 0 Å². The molecule has 1 aromatic rings. The standard InChI is InChI=1S/C11H17N3O2/c1-9-4-5-10(8-11(9)14(15)16)12-6-7-13(2)3/h4-5,8,12H,6-7H2,1-3H3. The predicted molar refractivity (Wildman–Crippen MR) is 64.9 cm³/mol. The highest BCUT2D eigenvalue weighted by Gasteiger charge is 2.10. The largest absolute Gasteiger partial charge is 0.384 e. The number of aryl methyl sites for hydroxylation is 1. The number of nitro groups is 1. The molecule has 0 saturated carbocycles. The van der Waals surface area contributed by atoms with Crippen molar-refractivity contribution >= 4 is 11.4 Å². The third kappa shape index (κ3) is 3.51. The molecule has 5 heteroatoms. The van der Waals surface area contributed by atoms with Gasteiger partial charge >= 0.3 is 0 Å². The molecule has 88 valence electrons. The van der Waals surface area contributed by atoms with Crippen LogP contribution in [0.1, 0.15) is 5.56 Å². The van der Waals surface area contributed by atoms with Crippen molar-refractivity contribution in [1.82, 2.24) is 4.90 Å². The summed E-state index contributed by atoms with van der Waals surface area (Å²) in [4.78, 5) is 12.4. The van der Waals surface area contributed by atoms with E-state index in [2.05, 4.69) is 10.2 Å². The second kappa shape index (κ2) is 5.46. The topological polar surface area (TPSA) is 58.4 Å². The van der Waals surface area contributed by atoms with E-state index in [0.717, 1.165) is 18.8 Å². The molecular formula is C11H17N3O2. The molecule has 0 amide bonds. The first-order valence-electron chi connectivity index (χ1n) is 5.14. The van der Waals surface area contributed by atoms with E-state index in [4.69, 9.17) is 0 Å². The first-order valence-corrected chi connectivity index (χ1v) is 5.14. The van der Waals surface area contributed by atoms with E-state index < -0.39 is 0 Å². The van der Waals surface area contributed by atoms with Crippen LogP contribution in [-0.2, 0) is 0 Å².